The molecule has 1 saturated heterocycles. The van der Waals surface area contributed by atoms with Gasteiger partial charge in [-0.3, -0.25) is 9.69 Å². The Bertz CT molecular complexity index is 448. The summed E-state index contributed by atoms with van der Waals surface area (Å²) in [5, 5.41) is 0. The number of rotatable bonds is 4. The molecule has 3 heteroatoms. The molecule has 21 heavy (non-hydrogen) atoms. The fourth-order valence-electron chi connectivity index (χ4n) is 3.25. The van der Waals surface area contributed by atoms with E-state index >= 15 is 0 Å². The predicted molar refractivity (Wildman–Crippen MR) is 87.0 cm³/mol. The first-order valence-electron chi connectivity index (χ1n) is 8.08. The molecule has 1 amide bonds. The Morgan fingerprint density at radius 2 is 1.52 bits per heavy atom. The highest BCUT2D eigenvalue weighted by Crippen LogP contribution is 2.29. The second-order valence-corrected chi connectivity index (χ2v) is 6.62. The van der Waals surface area contributed by atoms with Crippen LogP contribution in [0, 0.1) is 11.8 Å². The Morgan fingerprint density at radius 1 is 0.952 bits per heavy atom. The molecule has 1 aliphatic rings. The predicted octanol–water partition coefficient (Wildman–Crippen LogP) is 3.18. The van der Waals surface area contributed by atoms with Crippen LogP contribution in [0.2, 0.25) is 0 Å². The van der Waals surface area contributed by atoms with Crippen LogP contribution in [-0.4, -0.2) is 41.9 Å². The molecule has 1 aliphatic heterocycles. The number of carbonyl (C=O) groups is 1. The van der Waals surface area contributed by atoms with Gasteiger partial charge in [-0.1, -0.05) is 58.0 Å². The van der Waals surface area contributed by atoms with Crippen molar-refractivity contribution in [3.63, 3.8) is 0 Å². The summed E-state index contributed by atoms with van der Waals surface area (Å²) in [6.45, 7) is 12.2. The molecule has 116 valence electrons. The lowest BCUT2D eigenvalue weighted by Gasteiger charge is -2.41. The van der Waals surface area contributed by atoms with E-state index in [1.54, 1.807) is 0 Å². The van der Waals surface area contributed by atoms with Crippen LogP contribution >= 0.6 is 0 Å². The highest BCUT2D eigenvalue weighted by atomic mass is 16.2. The Morgan fingerprint density at radius 3 is 2.00 bits per heavy atom. The van der Waals surface area contributed by atoms with Crippen molar-refractivity contribution in [3.05, 3.63) is 35.9 Å². The zero-order valence-corrected chi connectivity index (χ0v) is 13.7. The molecule has 1 unspecified atom stereocenters. The number of hydrogen-bond acceptors (Lipinski definition) is 2. The molecule has 1 atom stereocenters. The molecule has 2 rings (SSSR count). The minimum absolute atomic E-state index is 0.103. The Hall–Kier alpha value is -1.35. The van der Waals surface area contributed by atoms with Gasteiger partial charge in [0.1, 0.15) is 0 Å². The van der Waals surface area contributed by atoms with Crippen molar-refractivity contribution in [1.29, 1.82) is 0 Å². The van der Waals surface area contributed by atoms with Crippen LogP contribution in [0.25, 0.3) is 0 Å². The Balaban J connectivity index is 2.04. The number of hydrogen-bond donors (Lipinski definition) is 0. The van der Waals surface area contributed by atoms with Crippen molar-refractivity contribution in [3.8, 4) is 0 Å². The van der Waals surface area contributed by atoms with Gasteiger partial charge in [0.15, 0.2) is 0 Å². The monoisotopic (exact) mass is 288 g/mol. The van der Waals surface area contributed by atoms with Gasteiger partial charge in [-0.25, -0.2) is 0 Å². The lowest BCUT2D eigenvalue weighted by atomic mass is 9.94. The summed E-state index contributed by atoms with van der Waals surface area (Å²) in [6, 6.07) is 11.2. The number of benzene rings is 1. The van der Waals surface area contributed by atoms with Crippen LogP contribution in [0.3, 0.4) is 0 Å². The molecular formula is C18H28N2O. The summed E-state index contributed by atoms with van der Waals surface area (Å²) in [7, 11) is 0. The molecule has 0 aromatic heterocycles. The van der Waals surface area contributed by atoms with Crippen LogP contribution in [0.1, 0.15) is 39.3 Å². The normalized spacial score (nSPS) is 18.3. The van der Waals surface area contributed by atoms with E-state index in [0.29, 0.717) is 12.0 Å². The molecule has 1 aromatic carbocycles. The van der Waals surface area contributed by atoms with E-state index < -0.39 is 0 Å². The molecule has 0 aliphatic carbocycles. The summed E-state index contributed by atoms with van der Waals surface area (Å²) < 4.78 is 0. The molecule has 0 N–H and O–H groups in total. The zero-order valence-electron chi connectivity index (χ0n) is 13.7. The highest BCUT2D eigenvalue weighted by molar-refractivity contribution is 5.78. The molecule has 0 bridgehead atoms. The lowest BCUT2D eigenvalue weighted by molar-refractivity contribution is -0.136. The van der Waals surface area contributed by atoms with Crippen molar-refractivity contribution in [2.45, 2.75) is 33.7 Å². The standard InChI is InChI=1S/C18H28N2O/c1-14(2)17(16-8-6-5-7-9-16)19-10-12-20(13-11-19)18(21)15(3)4/h5-9,14-15,17H,10-13H2,1-4H3. The van der Waals surface area contributed by atoms with E-state index in [0.717, 1.165) is 26.2 Å². The maximum absolute atomic E-state index is 12.1. The smallest absolute Gasteiger partial charge is 0.225 e. The van der Waals surface area contributed by atoms with Crippen molar-refractivity contribution in [2.75, 3.05) is 26.2 Å². The minimum Gasteiger partial charge on any atom is -0.340 e. The minimum atomic E-state index is 0.103. The number of amides is 1. The summed E-state index contributed by atoms with van der Waals surface area (Å²) in [6.07, 6.45) is 0. The van der Waals surface area contributed by atoms with Gasteiger partial charge in [-0.2, -0.15) is 0 Å². The fraction of sp³-hybridized carbons (Fsp3) is 0.611. The number of nitrogens with zero attached hydrogens (tertiary/aromatic N) is 2. The molecule has 3 nitrogen and oxygen atoms in total. The van der Waals surface area contributed by atoms with E-state index in [9.17, 15) is 4.79 Å². The van der Waals surface area contributed by atoms with E-state index in [-0.39, 0.29) is 11.8 Å². The molecule has 1 fully saturated rings. The van der Waals surface area contributed by atoms with Gasteiger partial charge in [0, 0.05) is 38.1 Å². The topological polar surface area (TPSA) is 23.6 Å². The van der Waals surface area contributed by atoms with Crippen LogP contribution in [-0.2, 0) is 4.79 Å². The van der Waals surface area contributed by atoms with Crippen LogP contribution in [0.5, 0.6) is 0 Å². The molecule has 1 heterocycles. The van der Waals surface area contributed by atoms with Crippen LogP contribution < -0.4 is 0 Å². The van der Waals surface area contributed by atoms with Crippen LogP contribution in [0.4, 0.5) is 0 Å². The van der Waals surface area contributed by atoms with Gasteiger partial charge < -0.3 is 4.90 Å². The summed E-state index contributed by atoms with van der Waals surface area (Å²) in [5.41, 5.74) is 1.39. The SMILES string of the molecule is CC(C)C(=O)N1CCN(C(c2ccccc2)C(C)C)CC1. The summed E-state index contributed by atoms with van der Waals surface area (Å²) in [5.74, 6) is 0.960. The quantitative estimate of drug-likeness (QED) is 0.849. The Kier molecular flexibility index (Phi) is 5.40. The Labute approximate surface area is 128 Å². The largest absolute Gasteiger partial charge is 0.340 e. The van der Waals surface area contributed by atoms with Gasteiger partial charge in [-0.05, 0) is 11.5 Å². The molecule has 0 spiro atoms. The van der Waals surface area contributed by atoms with Crippen LogP contribution in [0.15, 0.2) is 30.3 Å². The van der Waals surface area contributed by atoms with E-state index in [2.05, 4.69) is 49.1 Å². The van der Waals surface area contributed by atoms with Gasteiger partial charge >= 0.3 is 0 Å². The second-order valence-electron chi connectivity index (χ2n) is 6.62. The van der Waals surface area contributed by atoms with E-state index in [4.69, 9.17) is 0 Å². The molecular weight excluding hydrogens is 260 g/mol. The zero-order chi connectivity index (χ0) is 15.4. The highest BCUT2D eigenvalue weighted by Gasteiger charge is 2.29. The summed E-state index contributed by atoms with van der Waals surface area (Å²) in [4.78, 5) is 16.6. The maximum atomic E-state index is 12.1. The van der Waals surface area contributed by atoms with E-state index in [1.165, 1.54) is 5.56 Å². The van der Waals surface area contributed by atoms with Gasteiger partial charge in [-0.15, -0.1) is 0 Å². The van der Waals surface area contributed by atoms with Crippen molar-refractivity contribution >= 4 is 5.91 Å². The van der Waals surface area contributed by atoms with Gasteiger partial charge in [0.25, 0.3) is 0 Å². The van der Waals surface area contributed by atoms with Crippen molar-refractivity contribution < 1.29 is 4.79 Å². The molecule has 1 aromatic rings. The lowest BCUT2D eigenvalue weighted by Crippen LogP contribution is -2.51. The first kappa shape index (κ1) is 16.0. The van der Waals surface area contributed by atoms with Crippen molar-refractivity contribution in [1.82, 2.24) is 9.80 Å². The van der Waals surface area contributed by atoms with Gasteiger partial charge in [0.05, 0.1) is 0 Å². The third-order valence-corrected chi connectivity index (χ3v) is 4.29. The average Bonchev–Trinajstić information content (AvgIpc) is 2.48. The van der Waals surface area contributed by atoms with Gasteiger partial charge in [0.2, 0.25) is 5.91 Å². The first-order chi connectivity index (χ1) is 10.0. The fourth-order valence-corrected chi connectivity index (χ4v) is 3.25. The maximum Gasteiger partial charge on any atom is 0.225 e. The second kappa shape index (κ2) is 7.08. The first-order valence-corrected chi connectivity index (χ1v) is 8.08. The molecule has 0 radical (unpaired) electrons. The number of carbonyl (C=O) groups excluding carboxylic acids is 1. The third-order valence-electron chi connectivity index (χ3n) is 4.29. The average molecular weight is 288 g/mol. The number of piperazine rings is 1. The third kappa shape index (κ3) is 3.85. The molecule has 0 saturated carbocycles. The van der Waals surface area contributed by atoms with E-state index in [1.807, 2.05) is 18.7 Å². The summed E-state index contributed by atoms with van der Waals surface area (Å²) >= 11 is 0. The van der Waals surface area contributed by atoms with Crippen molar-refractivity contribution in [2.24, 2.45) is 11.8 Å².